The van der Waals surface area contributed by atoms with Gasteiger partial charge >= 0.3 is 0 Å². The van der Waals surface area contributed by atoms with Crippen molar-refractivity contribution in [2.45, 2.75) is 31.8 Å². The minimum Gasteiger partial charge on any atom is -0.368 e. The van der Waals surface area contributed by atoms with E-state index in [1.807, 2.05) is 11.4 Å². The number of nitrogens with one attached hydrogen (secondary N) is 2. The number of rotatable bonds is 5. The van der Waals surface area contributed by atoms with E-state index in [1.165, 1.54) is 4.88 Å². The lowest BCUT2D eigenvalue weighted by molar-refractivity contribution is -0.128. The van der Waals surface area contributed by atoms with E-state index in [4.69, 9.17) is 5.73 Å². The topological polar surface area (TPSA) is 67.2 Å². The fourth-order valence-electron chi connectivity index (χ4n) is 2.74. The molecule has 4 N–H and O–H groups in total. The Balaban J connectivity index is 2.12. The summed E-state index contributed by atoms with van der Waals surface area (Å²) in [5.74, 6) is 0.0520. The minimum absolute atomic E-state index is 0.215. The number of hydrogen-bond acceptors (Lipinski definition) is 4. The van der Waals surface area contributed by atoms with Gasteiger partial charge in [-0.3, -0.25) is 10.1 Å². The van der Waals surface area contributed by atoms with E-state index in [9.17, 15) is 4.79 Å². The maximum absolute atomic E-state index is 11.9. The third-order valence-corrected chi connectivity index (χ3v) is 4.75. The first-order chi connectivity index (χ1) is 8.69. The van der Waals surface area contributed by atoms with Gasteiger partial charge in [0, 0.05) is 18.0 Å². The van der Waals surface area contributed by atoms with Crippen LogP contribution in [-0.4, -0.2) is 24.5 Å². The molecule has 0 aromatic carbocycles. The molecule has 0 saturated carbocycles. The average molecular weight is 267 g/mol. The molecule has 1 aliphatic heterocycles. The molecule has 1 aromatic rings. The molecule has 1 fully saturated rings. The fraction of sp³-hybridized carbons (Fsp3) is 0.615. The number of thiophene rings is 1. The first kappa shape index (κ1) is 13.5. The number of carbonyl (C=O) groups excluding carboxylic acids is 1. The maximum Gasteiger partial charge on any atom is 0.238 e. The molecule has 2 unspecified atom stereocenters. The molecule has 1 amide bonds. The van der Waals surface area contributed by atoms with E-state index in [1.54, 1.807) is 11.3 Å². The molecule has 0 spiro atoms. The van der Waals surface area contributed by atoms with Crippen molar-refractivity contribution in [3.05, 3.63) is 22.4 Å². The highest BCUT2D eigenvalue weighted by Gasteiger charge is 2.44. The zero-order chi connectivity index (χ0) is 13.0. The molecule has 4 nitrogen and oxygen atoms in total. The van der Waals surface area contributed by atoms with Gasteiger partial charge in [-0.05, 0) is 36.8 Å². The van der Waals surface area contributed by atoms with Crippen LogP contribution in [0.2, 0.25) is 0 Å². The molecule has 2 atom stereocenters. The van der Waals surface area contributed by atoms with Gasteiger partial charge in [0.15, 0.2) is 0 Å². The second-order valence-corrected chi connectivity index (χ2v) is 5.86. The Morgan fingerprint density at radius 2 is 2.56 bits per heavy atom. The quantitative estimate of drug-likeness (QED) is 0.748. The molecular weight excluding hydrogens is 246 g/mol. The molecule has 2 heterocycles. The van der Waals surface area contributed by atoms with E-state index in [0.717, 1.165) is 32.5 Å². The molecule has 0 radical (unpaired) electrons. The number of nitrogens with two attached hydrogens (primary N) is 1. The van der Waals surface area contributed by atoms with Crippen LogP contribution in [0.5, 0.6) is 0 Å². The lowest BCUT2D eigenvalue weighted by Gasteiger charge is -2.42. The van der Waals surface area contributed by atoms with Gasteiger partial charge in [0.05, 0.1) is 0 Å². The lowest BCUT2D eigenvalue weighted by atomic mass is 9.76. The average Bonchev–Trinajstić information content (AvgIpc) is 2.89. The molecule has 5 heteroatoms. The smallest absolute Gasteiger partial charge is 0.238 e. The lowest BCUT2D eigenvalue weighted by Crippen LogP contribution is -2.65. The van der Waals surface area contributed by atoms with Crippen LogP contribution in [0.3, 0.4) is 0 Å². The van der Waals surface area contributed by atoms with Crippen LogP contribution < -0.4 is 16.4 Å². The zero-order valence-electron chi connectivity index (χ0n) is 10.7. The van der Waals surface area contributed by atoms with E-state index in [-0.39, 0.29) is 11.8 Å². The Labute approximate surface area is 112 Å². The van der Waals surface area contributed by atoms with Gasteiger partial charge in [0.25, 0.3) is 0 Å². The number of piperidine rings is 1. The Kier molecular flexibility index (Phi) is 4.37. The van der Waals surface area contributed by atoms with E-state index < -0.39 is 5.54 Å². The van der Waals surface area contributed by atoms with Crippen molar-refractivity contribution in [1.29, 1.82) is 0 Å². The van der Waals surface area contributed by atoms with Gasteiger partial charge in [0.2, 0.25) is 5.91 Å². The van der Waals surface area contributed by atoms with E-state index in [0.29, 0.717) is 0 Å². The SMILES string of the molecule is CCC1CNCCC1(NCc1cccs1)C(N)=O. The summed E-state index contributed by atoms with van der Waals surface area (Å²) in [6.07, 6.45) is 1.72. The van der Waals surface area contributed by atoms with Crippen molar-refractivity contribution in [1.82, 2.24) is 10.6 Å². The fourth-order valence-corrected chi connectivity index (χ4v) is 3.38. The van der Waals surface area contributed by atoms with Crippen molar-refractivity contribution >= 4 is 17.2 Å². The van der Waals surface area contributed by atoms with Crippen molar-refractivity contribution < 1.29 is 4.79 Å². The Hall–Kier alpha value is -0.910. The summed E-state index contributed by atoms with van der Waals surface area (Å²) in [6, 6.07) is 4.10. The molecule has 1 aromatic heterocycles. The highest BCUT2D eigenvalue weighted by Crippen LogP contribution is 2.28. The van der Waals surface area contributed by atoms with Crippen LogP contribution >= 0.6 is 11.3 Å². The number of hydrogen-bond donors (Lipinski definition) is 3. The molecule has 0 bridgehead atoms. The molecule has 100 valence electrons. The van der Waals surface area contributed by atoms with Crippen molar-refractivity contribution in [2.24, 2.45) is 11.7 Å². The highest BCUT2D eigenvalue weighted by molar-refractivity contribution is 7.09. The third kappa shape index (κ3) is 2.58. The summed E-state index contributed by atoms with van der Waals surface area (Å²) >= 11 is 1.70. The van der Waals surface area contributed by atoms with Crippen LogP contribution in [0.15, 0.2) is 17.5 Å². The van der Waals surface area contributed by atoms with Crippen LogP contribution in [0, 0.1) is 5.92 Å². The third-order valence-electron chi connectivity index (χ3n) is 3.87. The number of primary amides is 1. The summed E-state index contributed by atoms with van der Waals surface area (Å²) in [5, 5.41) is 8.83. The molecule has 1 aliphatic rings. The second-order valence-electron chi connectivity index (χ2n) is 4.83. The summed E-state index contributed by atoms with van der Waals surface area (Å²) in [6.45, 7) is 4.53. The molecule has 0 aliphatic carbocycles. The van der Waals surface area contributed by atoms with Crippen molar-refractivity contribution in [3.8, 4) is 0 Å². The normalized spacial score (nSPS) is 28.2. The summed E-state index contributed by atoms with van der Waals surface area (Å²) < 4.78 is 0. The van der Waals surface area contributed by atoms with Gasteiger partial charge in [-0.2, -0.15) is 0 Å². The predicted molar refractivity (Wildman–Crippen MR) is 74.4 cm³/mol. The largest absolute Gasteiger partial charge is 0.368 e. The first-order valence-corrected chi connectivity index (χ1v) is 7.35. The Morgan fingerprint density at radius 1 is 1.72 bits per heavy atom. The standard InChI is InChI=1S/C13H21N3OS/c1-2-10-8-15-6-5-13(10,12(14)17)16-9-11-4-3-7-18-11/h3-4,7,10,15-16H,2,5-6,8-9H2,1H3,(H2,14,17). The monoisotopic (exact) mass is 267 g/mol. The first-order valence-electron chi connectivity index (χ1n) is 6.47. The van der Waals surface area contributed by atoms with Gasteiger partial charge in [-0.15, -0.1) is 11.3 Å². The highest BCUT2D eigenvalue weighted by atomic mass is 32.1. The van der Waals surface area contributed by atoms with Gasteiger partial charge < -0.3 is 11.1 Å². The van der Waals surface area contributed by atoms with Crippen LogP contribution in [0.25, 0.3) is 0 Å². The van der Waals surface area contributed by atoms with Crippen molar-refractivity contribution in [3.63, 3.8) is 0 Å². The Bertz CT molecular complexity index is 393. The van der Waals surface area contributed by atoms with Crippen LogP contribution in [-0.2, 0) is 11.3 Å². The predicted octanol–water partition coefficient (Wildman–Crippen LogP) is 1.08. The van der Waals surface area contributed by atoms with Gasteiger partial charge in [-0.25, -0.2) is 0 Å². The van der Waals surface area contributed by atoms with Gasteiger partial charge in [-0.1, -0.05) is 13.0 Å². The number of amides is 1. The summed E-state index contributed by atoms with van der Waals surface area (Å²) in [4.78, 5) is 13.2. The minimum atomic E-state index is -0.552. The Morgan fingerprint density at radius 3 is 3.17 bits per heavy atom. The molecular formula is C13H21N3OS. The molecule has 2 rings (SSSR count). The van der Waals surface area contributed by atoms with Crippen molar-refractivity contribution in [2.75, 3.05) is 13.1 Å². The van der Waals surface area contributed by atoms with E-state index >= 15 is 0 Å². The summed E-state index contributed by atoms with van der Waals surface area (Å²) in [5.41, 5.74) is 5.13. The van der Waals surface area contributed by atoms with Crippen LogP contribution in [0.4, 0.5) is 0 Å². The van der Waals surface area contributed by atoms with E-state index in [2.05, 4.69) is 23.6 Å². The van der Waals surface area contributed by atoms with Crippen LogP contribution in [0.1, 0.15) is 24.6 Å². The zero-order valence-corrected chi connectivity index (χ0v) is 11.6. The maximum atomic E-state index is 11.9. The number of carbonyl (C=O) groups is 1. The molecule has 1 saturated heterocycles. The second kappa shape index (κ2) is 5.82. The molecule has 18 heavy (non-hydrogen) atoms. The van der Waals surface area contributed by atoms with Gasteiger partial charge in [0.1, 0.15) is 5.54 Å². The summed E-state index contributed by atoms with van der Waals surface area (Å²) in [7, 11) is 0.